The van der Waals surface area contributed by atoms with E-state index < -0.39 is 62.9 Å². The van der Waals surface area contributed by atoms with E-state index in [0.717, 1.165) is 0 Å². The number of carbonyl (C=O) groups excluding carboxylic acids is 1. The molecule has 0 bridgehead atoms. The van der Waals surface area contributed by atoms with Crippen LogP contribution in [0.15, 0.2) is 0 Å². The normalized spacial score (nSPS) is 11.2. The van der Waals surface area contributed by atoms with Gasteiger partial charge in [0.15, 0.2) is 0 Å². The molecule has 0 saturated carbocycles. The lowest BCUT2D eigenvalue weighted by Crippen LogP contribution is -2.31. The fraction of sp³-hybridized carbons (Fsp3) is 0. The zero-order valence-corrected chi connectivity index (χ0v) is 26.9. The van der Waals surface area contributed by atoms with Crippen LogP contribution in [0.1, 0.15) is 21.5 Å². The average Bonchev–Trinajstić information content (AvgIpc) is 2.83. The van der Waals surface area contributed by atoms with Gasteiger partial charge in [-0.2, -0.15) is 5.95 Å². The zero-order valence-electron chi connectivity index (χ0n) is 17.0. The Morgan fingerprint density at radius 3 is 0.947 bits per heavy atom. The summed E-state index contributed by atoms with van der Waals surface area (Å²) in [6.07, 6.45) is 0. The van der Waals surface area contributed by atoms with E-state index in [2.05, 4.69) is 0 Å². The Morgan fingerprint density at radius 2 is 0.632 bits per heavy atom. The third kappa shape index (κ3) is 5.29. The minimum Gasteiger partial charge on any atom is -0.883 e. The summed E-state index contributed by atoms with van der Waals surface area (Å²) in [7, 11) is 0. The van der Waals surface area contributed by atoms with E-state index in [-0.39, 0.29) is 47.0 Å². The monoisotopic (exact) mass is 771 g/mol. The molecule has 0 aliphatic carbocycles. The van der Waals surface area contributed by atoms with Crippen molar-refractivity contribution in [3.8, 4) is 0 Å². The van der Waals surface area contributed by atoms with E-state index in [1.54, 1.807) is 0 Å². The molecule has 0 N–H and O–H groups in total. The number of halogens is 13. The lowest BCUT2D eigenvalue weighted by atomic mass is 9.93. The van der Waals surface area contributed by atoms with Crippen molar-refractivity contribution in [2.45, 2.75) is 0 Å². The van der Waals surface area contributed by atoms with Crippen LogP contribution in [-0.4, -0.2) is 5.97 Å². The molecule has 3 rings (SSSR count). The number of rotatable bonds is 3. The summed E-state index contributed by atoms with van der Waals surface area (Å²) in [5.41, 5.74) is -1.73. The topological polar surface area (TPSA) is 86.2 Å². The second-order valence-corrected chi connectivity index (χ2v) is 11.8. The van der Waals surface area contributed by atoms with Gasteiger partial charge < -0.3 is 20.1 Å². The summed E-state index contributed by atoms with van der Waals surface area (Å²) in [4.78, 5) is 11.7. The first-order chi connectivity index (χ1) is 17.5. The Hall–Kier alpha value is 0.240. The van der Waals surface area contributed by atoms with Crippen LogP contribution in [0.25, 0.3) is 11.5 Å². The first-order valence-corrected chi connectivity index (χ1v) is 13.9. The van der Waals surface area contributed by atoms with Crippen molar-refractivity contribution in [2.24, 2.45) is 0 Å². The first-order valence-electron chi connectivity index (χ1n) is 9.02. The van der Waals surface area contributed by atoms with Crippen LogP contribution in [0.3, 0.4) is 0 Å². The molecule has 0 heterocycles. The molecule has 0 aliphatic rings. The predicted molar refractivity (Wildman–Crippen MR) is 153 cm³/mol. The third-order valence-electron chi connectivity index (χ3n) is 4.89. The molecule has 3 aromatic rings. The average molecular weight is 777 g/mol. The van der Waals surface area contributed by atoms with Gasteiger partial charge in [0, 0.05) is 27.5 Å². The van der Waals surface area contributed by atoms with Crippen molar-refractivity contribution in [3.63, 3.8) is 0 Å². The van der Waals surface area contributed by atoms with Crippen molar-refractivity contribution in [1.82, 2.24) is 0 Å². The number of hydrogen-bond acceptors (Lipinski definition) is 4. The molecule has 38 heavy (non-hydrogen) atoms. The maximum Gasteiger partial charge on any atom is 0.0809 e. The van der Waals surface area contributed by atoms with E-state index in [9.17, 15) is 20.1 Å². The second kappa shape index (κ2) is 12.2. The number of benzene rings is 3. The van der Waals surface area contributed by atoms with Crippen molar-refractivity contribution in [1.29, 1.82) is 0 Å². The highest BCUT2D eigenvalue weighted by Gasteiger charge is 2.31. The quantitative estimate of drug-likeness (QED) is 0.203. The van der Waals surface area contributed by atoms with Gasteiger partial charge in [-0.1, -0.05) is 151 Å². The molecule has 4 nitrogen and oxygen atoms in total. The van der Waals surface area contributed by atoms with Gasteiger partial charge >= 0.3 is 0 Å². The Bertz CT molecular complexity index is 1600. The first kappa shape index (κ1) is 32.8. The van der Waals surface area contributed by atoms with E-state index in [1.165, 1.54) is 0 Å². The smallest absolute Gasteiger partial charge is 0.0809 e. The lowest BCUT2D eigenvalue weighted by molar-refractivity contribution is -0.435. The van der Waals surface area contributed by atoms with Crippen molar-refractivity contribution in [3.05, 3.63) is 92.4 Å². The molecule has 0 aliphatic heterocycles. The van der Waals surface area contributed by atoms with Gasteiger partial charge in [-0.3, -0.25) is 0 Å². The molecule has 0 fully saturated rings. The summed E-state index contributed by atoms with van der Waals surface area (Å²) in [6.45, 7) is 0. The molecular formula is C21Cl13O4-3. The largest absolute Gasteiger partial charge is 0.883 e. The highest BCUT2D eigenvalue weighted by Crippen LogP contribution is 2.51. The van der Waals surface area contributed by atoms with Crippen molar-refractivity contribution in [2.75, 3.05) is 0 Å². The van der Waals surface area contributed by atoms with Gasteiger partial charge in [0.1, 0.15) is 0 Å². The molecule has 0 aromatic heterocycles. The standard InChI is InChI=1S/C21H3Cl13O4/c22-7-2(8(23)14(29)5(13(7)28)20(35)36)1(4-11(26)17(32)19(34)18(33)12(4)27)3-9(24)15(30)6(21(37)38)16(31)10(3)25/h35-36H,(H,37,38)/p-3. The molecule has 0 spiro atoms. The van der Waals surface area contributed by atoms with Crippen LogP contribution < -0.4 is 25.8 Å². The Morgan fingerprint density at radius 1 is 0.368 bits per heavy atom. The van der Waals surface area contributed by atoms with Gasteiger partial charge in [-0.05, 0) is 5.22 Å². The predicted octanol–water partition coefficient (Wildman–Crippen LogP) is 7.58. The maximum atomic E-state index is 11.7. The van der Waals surface area contributed by atoms with Crippen LogP contribution in [0.5, 0.6) is 0 Å². The third-order valence-corrected chi connectivity index (χ3v) is 10.6. The van der Waals surface area contributed by atoms with Crippen molar-refractivity contribution >= 4 is 168 Å². The Labute approximate surface area is 278 Å². The summed E-state index contributed by atoms with van der Waals surface area (Å²) in [5.74, 6) is -3.63. The maximum absolute atomic E-state index is 11.7. The fourth-order valence-corrected chi connectivity index (χ4v) is 6.98. The van der Waals surface area contributed by atoms with Gasteiger partial charge in [-0.15, -0.1) is 0 Å². The highest BCUT2D eigenvalue weighted by atomic mass is 35.5. The second-order valence-electron chi connectivity index (χ2n) is 6.91. The van der Waals surface area contributed by atoms with Crippen LogP contribution >= 0.6 is 151 Å². The molecule has 0 radical (unpaired) electrons. The minimum atomic E-state index is -1.81. The molecule has 0 unspecified atom stereocenters. The van der Waals surface area contributed by atoms with Gasteiger partial charge in [0.05, 0.1) is 71.3 Å². The van der Waals surface area contributed by atoms with E-state index in [1.807, 2.05) is 0 Å². The number of hydrogen-bond donors (Lipinski definition) is 0. The van der Waals surface area contributed by atoms with Crippen molar-refractivity contribution < 1.29 is 20.1 Å². The summed E-state index contributed by atoms with van der Waals surface area (Å²) >= 11 is 82.4. The molecule has 0 atom stereocenters. The van der Waals surface area contributed by atoms with Crippen LogP contribution in [0.2, 0.25) is 65.3 Å². The van der Waals surface area contributed by atoms with Gasteiger partial charge in [0.2, 0.25) is 0 Å². The Kier molecular flexibility index (Phi) is 10.5. The van der Waals surface area contributed by atoms with Gasteiger partial charge in [0.25, 0.3) is 0 Å². The van der Waals surface area contributed by atoms with E-state index in [4.69, 9.17) is 151 Å². The zero-order chi connectivity index (χ0) is 29.1. The minimum absolute atomic E-state index is 0.243. The number of aromatic carboxylic acids is 1. The van der Waals surface area contributed by atoms with Crippen LogP contribution in [0, 0.1) is 0 Å². The van der Waals surface area contributed by atoms with Gasteiger partial charge in [-0.25, -0.2) is 0 Å². The lowest BCUT2D eigenvalue weighted by Gasteiger charge is -2.23. The molecule has 3 aromatic carbocycles. The molecule has 202 valence electrons. The Balaban J connectivity index is 2.91. The molecule has 17 heteroatoms. The summed E-state index contributed by atoms with van der Waals surface area (Å²) < 4.78 is 0. The highest BCUT2D eigenvalue weighted by molar-refractivity contribution is 6.57. The molecule has 0 amide bonds. The van der Waals surface area contributed by atoms with Crippen LogP contribution in [0.4, 0.5) is 0 Å². The number of carboxylic acids is 1. The summed E-state index contributed by atoms with van der Waals surface area (Å²) in [6, 6.07) is 0. The fourth-order valence-electron chi connectivity index (χ4n) is 3.26. The molecule has 0 saturated heterocycles. The number of carboxylic acid groups (broad SMARTS) is 1. The van der Waals surface area contributed by atoms with E-state index in [0.29, 0.717) is 0 Å². The van der Waals surface area contributed by atoms with Crippen LogP contribution in [-0.2, 0) is 0 Å². The SMILES string of the molecule is O=C([O-])c1c(Cl)c(Cl)c(C(c2c(Cl)c(Cl)c(Cl)c(Cl)c2Cl)=c2c(Cl)c(Cl)c(=C([O-])[O-])c(Cl)c2Cl)c(Cl)c1Cl. The van der Waals surface area contributed by atoms with E-state index >= 15 is 0 Å². The summed E-state index contributed by atoms with van der Waals surface area (Å²) in [5, 5.41) is 27.7. The molecular weight excluding hydrogens is 777 g/mol. The number of carbonyl (C=O) groups is 1.